The van der Waals surface area contributed by atoms with E-state index in [-0.39, 0.29) is 5.91 Å². The van der Waals surface area contributed by atoms with Crippen molar-refractivity contribution in [2.45, 2.75) is 18.9 Å². The molecule has 2 N–H and O–H groups in total. The lowest BCUT2D eigenvalue weighted by Crippen LogP contribution is -2.48. The van der Waals surface area contributed by atoms with E-state index in [0.29, 0.717) is 48.2 Å². The first-order valence-electron chi connectivity index (χ1n) is 8.51. The predicted octanol–water partition coefficient (Wildman–Crippen LogP) is 1.53. The lowest BCUT2D eigenvalue weighted by Gasteiger charge is -2.37. The molecular formula is C18H26N2O4. The zero-order valence-corrected chi connectivity index (χ0v) is 14.4. The van der Waals surface area contributed by atoms with Crippen molar-refractivity contribution in [3.05, 3.63) is 23.8 Å². The smallest absolute Gasteiger partial charge is 0.254 e. The number of methoxy groups -OCH3 is 2. The number of ether oxygens (including phenoxy) is 3. The molecule has 0 radical (unpaired) electrons. The van der Waals surface area contributed by atoms with Gasteiger partial charge in [-0.3, -0.25) is 4.79 Å². The number of likely N-dealkylation sites (tertiary alicyclic amines) is 1. The Bertz CT molecular complexity index is 578. The number of amides is 1. The monoisotopic (exact) mass is 334 g/mol. The largest absolute Gasteiger partial charge is 0.493 e. The van der Waals surface area contributed by atoms with Crippen LogP contribution in [0.1, 0.15) is 23.2 Å². The highest BCUT2D eigenvalue weighted by molar-refractivity contribution is 5.95. The second-order valence-corrected chi connectivity index (χ2v) is 6.51. The first-order chi connectivity index (χ1) is 11.7. The zero-order valence-electron chi connectivity index (χ0n) is 14.4. The average molecular weight is 334 g/mol. The van der Waals surface area contributed by atoms with Crippen LogP contribution in [0.25, 0.3) is 0 Å². The Kier molecular flexibility index (Phi) is 5.26. The molecule has 1 unspecified atom stereocenters. The molecule has 3 rings (SSSR count). The van der Waals surface area contributed by atoms with Crippen LogP contribution in [0.2, 0.25) is 0 Å². The van der Waals surface area contributed by atoms with Crippen molar-refractivity contribution in [1.82, 2.24) is 4.90 Å². The summed E-state index contributed by atoms with van der Waals surface area (Å²) in [6.45, 7) is 2.38. The summed E-state index contributed by atoms with van der Waals surface area (Å²) in [6.07, 6.45) is 2.58. The Balaban J connectivity index is 1.73. The Morgan fingerprint density at radius 1 is 1.21 bits per heavy atom. The molecular weight excluding hydrogens is 308 g/mol. The summed E-state index contributed by atoms with van der Waals surface area (Å²) in [6, 6.07) is 5.32. The van der Waals surface area contributed by atoms with E-state index in [1.807, 2.05) is 4.90 Å². The molecule has 6 nitrogen and oxygen atoms in total. The van der Waals surface area contributed by atoms with E-state index in [4.69, 9.17) is 19.9 Å². The maximum atomic E-state index is 12.9. The molecule has 132 valence electrons. The summed E-state index contributed by atoms with van der Waals surface area (Å²) in [5, 5.41) is 0. The molecule has 6 heteroatoms. The normalized spacial score (nSPS) is 25.6. The summed E-state index contributed by atoms with van der Waals surface area (Å²) >= 11 is 0. The molecule has 2 aliphatic rings. The number of carbonyl (C=O) groups is 1. The number of nitrogens with zero attached hydrogens (tertiary/aromatic N) is 1. The predicted molar refractivity (Wildman–Crippen MR) is 90.5 cm³/mol. The number of benzene rings is 1. The average Bonchev–Trinajstić information content (AvgIpc) is 2.86. The molecule has 1 aromatic rings. The van der Waals surface area contributed by atoms with Gasteiger partial charge in [0.15, 0.2) is 11.5 Å². The molecule has 1 saturated carbocycles. The molecule has 24 heavy (non-hydrogen) atoms. The van der Waals surface area contributed by atoms with Gasteiger partial charge < -0.3 is 24.8 Å². The Hall–Kier alpha value is -1.79. The third-order valence-corrected chi connectivity index (χ3v) is 5.09. The van der Waals surface area contributed by atoms with Crippen LogP contribution in [-0.2, 0) is 4.74 Å². The highest BCUT2D eigenvalue weighted by Crippen LogP contribution is 2.39. The van der Waals surface area contributed by atoms with Crippen LogP contribution < -0.4 is 15.2 Å². The molecule has 3 atom stereocenters. The number of hydrogen-bond acceptors (Lipinski definition) is 5. The summed E-state index contributed by atoms with van der Waals surface area (Å²) in [5.41, 5.74) is 6.09. The maximum Gasteiger partial charge on any atom is 0.254 e. The van der Waals surface area contributed by atoms with Crippen LogP contribution in [0.4, 0.5) is 0 Å². The van der Waals surface area contributed by atoms with Crippen LogP contribution in [0.3, 0.4) is 0 Å². The van der Waals surface area contributed by atoms with Crippen LogP contribution >= 0.6 is 0 Å². The fourth-order valence-corrected chi connectivity index (χ4v) is 3.99. The minimum absolute atomic E-state index is 0.0464. The summed E-state index contributed by atoms with van der Waals surface area (Å²) in [4.78, 5) is 14.8. The molecule has 1 saturated heterocycles. The summed E-state index contributed by atoms with van der Waals surface area (Å²) in [7, 11) is 3.35. The van der Waals surface area contributed by atoms with E-state index in [9.17, 15) is 4.79 Å². The zero-order chi connectivity index (χ0) is 17.1. The van der Waals surface area contributed by atoms with Crippen molar-refractivity contribution >= 4 is 5.91 Å². The lowest BCUT2D eigenvalue weighted by atomic mass is 9.94. The van der Waals surface area contributed by atoms with Gasteiger partial charge in [-0.25, -0.2) is 0 Å². The molecule has 1 aromatic carbocycles. The second kappa shape index (κ2) is 7.40. The van der Waals surface area contributed by atoms with Gasteiger partial charge in [-0.15, -0.1) is 0 Å². The number of fused-ring (bicyclic) bond motifs is 2. The standard InChI is InChI=1S/C18H26N2O4/c1-22-16-9-12(5-6-15(16)24-8-7-19)18(21)20-10-13-3-4-14(11-20)17(13)23-2/h5-6,9,13-14,17H,3-4,7-8,10-11,19H2,1-2H3/t13-,14+,17?. The number of piperidine rings is 1. The molecule has 2 fully saturated rings. The van der Waals surface area contributed by atoms with Crippen LogP contribution in [-0.4, -0.2) is 57.4 Å². The molecule has 1 heterocycles. The van der Waals surface area contributed by atoms with Crippen LogP contribution in [0, 0.1) is 11.8 Å². The quantitative estimate of drug-likeness (QED) is 0.854. The topological polar surface area (TPSA) is 74.0 Å². The second-order valence-electron chi connectivity index (χ2n) is 6.51. The highest BCUT2D eigenvalue weighted by atomic mass is 16.5. The third-order valence-electron chi connectivity index (χ3n) is 5.09. The van der Waals surface area contributed by atoms with Gasteiger partial charge >= 0.3 is 0 Å². The van der Waals surface area contributed by atoms with Gasteiger partial charge in [-0.05, 0) is 31.0 Å². The molecule has 1 aliphatic carbocycles. The van der Waals surface area contributed by atoms with Crippen molar-refractivity contribution in [2.75, 3.05) is 40.5 Å². The van der Waals surface area contributed by atoms with Gasteiger partial charge in [-0.1, -0.05) is 0 Å². The van der Waals surface area contributed by atoms with Gasteiger partial charge in [0.05, 0.1) is 13.2 Å². The molecule has 0 spiro atoms. The minimum Gasteiger partial charge on any atom is -0.493 e. The number of rotatable bonds is 6. The minimum atomic E-state index is 0.0464. The van der Waals surface area contributed by atoms with E-state index in [0.717, 1.165) is 25.9 Å². The fourth-order valence-electron chi connectivity index (χ4n) is 3.99. The number of nitrogens with two attached hydrogens (primary N) is 1. The van der Waals surface area contributed by atoms with Crippen molar-refractivity contribution in [1.29, 1.82) is 0 Å². The van der Waals surface area contributed by atoms with E-state index < -0.39 is 0 Å². The summed E-state index contributed by atoms with van der Waals surface area (Å²) < 4.78 is 16.5. The number of hydrogen-bond donors (Lipinski definition) is 1. The Morgan fingerprint density at radius 3 is 2.50 bits per heavy atom. The molecule has 1 amide bonds. The van der Waals surface area contributed by atoms with Gasteiger partial charge in [0.1, 0.15) is 6.61 Å². The van der Waals surface area contributed by atoms with Crippen LogP contribution in [0.5, 0.6) is 11.5 Å². The maximum absolute atomic E-state index is 12.9. The highest BCUT2D eigenvalue weighted by Gasteiger charge is 2.43. The van der Waals surface area contributed by atoms with Gasteiger partial charge in [0.2, 0.25) is 0 Å². The van der Waals surface area contributed by atoms with E-state index in [2.05, 4.69) is 0 Å². The van der Waals surface area contributed by atoms with E-state index >= 15 is 0 Å². The third kappa shape index (κ3) is 3.21. The molecule has 1 aliphatic heterocycles. The van der Waals surface area contributed by atoms with Crippen molar-refractivity contribution in [3.63, 3.8) is 0 Å². The van der Waals surface area contributed by atoms with E-state index in [1.165, 1.54) is 0 Å². The lowest BCUT2D eigenvalue weighted by molar-refractivity contribution is -0.0113. The Labute approximate surface area is 142 Å². The van der Waals surface area contributed by atoms with Crippen LogP contribution in [0.15, 0.2) is 18.2 Å². The van der Waals surface area contributed by atoms with Crippen molar-refractivity contribution in [3.8, 4) is 11.5 Å². The fraction of sp³-hybridized carbons (Fsp3) is 0.611. The summed E-state index contributed by atoms with van der Waals surface area (Å²) in [5.74, 6) is 2.12. The van der Waals surface area contributed by atoms with Gasteiger partial charge in [0, 0.05) is 44.1 Å². The van der Waals surface area contributed by atoms with Gasteiger partial charge in [0.25, 0.3) is 5.91 Å². The first kappa shape index (κ1) is 17.0. The van der Waals surface area contributed by atoms with E-state index in [1.54, 1.807) is 32.4 Å². The van der Waals surface area contributed by atoms with Gasteiger partial charge in [-0.2, -0.15) is 0 Å². The SMILES string of the molecule is COc1cc(C(=O)N2C[C@H]3CC[C@@H](C2)C3OC)ccc1OCCN. The molecule has 0 aromatic heterocycles. The van der Waals surface area contributed by atoms with Crippen molar-refractivity contribution in [2.24, 2.45) is 17.6 Å². The van der Waals surface area contributed by atoms with Crippen molar-refractivity contribution < 1.29 is 19.0 Å². The number of carbonyl (C=O) groups excluding carboxylic acids is 1. The first-order valence-corrected chi connectivity index (χ1v) is 8.51. The Morgan fingerprint density at radius 2 is 1.92 bits per heavy atom. The molecule has 2 bridgehead atoms.